The van der Waals surface area contributed by atoms with E-state index in [0.29, 0.717) is 28.6 Å². The number of nitrogen functional groups attached to an aromatic ring is 1. The van der Waals surface area contributed by atoms with Crippen LogP contribution in [0.2, 0.25) is 5.02 Å². The highest BCUT2D eigenvalue weighted by Gasteiger charge is 2.09. The normalized spacial score (nSPS) is 10.3. The van der Waals surface area contributed by atoms with Crippen molar-refractivity contribution in [3.05, 3.63) is 53.1 Å². The topological polar surface area (TPSA) is 64.3 Å². The van der Waals surface area contributed by atoms with Crippen molar-refractivity contribution in [2.24, 2.45) is 0 Å². The van der Waals surface area contributed by atoms with Crippen LogP contribution in [-0.4, -0.2) is 12.5 Å². The van der Waals surface area contributed by atoms with Gasteiger partial charge in [-0.1, -0.05) is 24.9 Å². The number of ether oxygens (including phenoxy) is 1. The second-order valence-electron chi connectivity index (χ2n) is 4.92. The summed E-state index contributed by atoms with van der Waals surface area (Å²) in [5.41, 5.74) is 7.25. The van der Waals surface area contributed by atoms with Gasteiger partial charge in [0.15, 0.2) is 0 Å². The van der Waals surface area contributed by atoms with Gasteiger partial charge >= 0.3 is 0 Å². The van der Waals surface area contributed by atoms with Gasteiger partial charge in [0.25, 0.3) is 5.91 Å². The van der Waals surface area contributed by atoms with E-state index in [4.69, 9.17) is 22.1 Å². The van der Waals surface area contributed by atoms with Crippen molar-refractivity contribution in [3.8, 4) is 5.75 Å². The quantitative estimate of drug-likeness (QED) is 0.614. The zero-order valence-corrected chi connectivity index (χ0v) is 13.2. The number of hydrogen-bond acceptors (Lipinski definition) is 3. The number of nitrogens with two attached hydrogens (primary N) is 1. The van der Waals surface area contributed by atoms with Gasteiger partial charge in [0, 0.05) is 11.3 Å². The number of unbranched alkanes of at least 4 members (excludes halogenated alkanes) is 1. The van der Waals surface area contributed by atoms with Crippen LogP contribution in [-0.2, 0) is 0 Å². The predicted octanol–water partition coefficient (Wildman–Crippen LogP) is 4.35. The Morgan fingerprint density at radius 3 is 2.59 bits per heavy atom. The number of benzene rings is 2. The molecule has 2 aromatic rings. The molecule has 116 valence electrons. The third kappa shape index (κ3) is 4.40. The van der Waals surface area contributed by atoms with Gasteiger partial charge < -0.3 is 15.8 Å². The lowest BCUT2D eigenvalue weighted by Gasteiger charge is -2.09. The summed E-state index contributed by atoms with van der Waals surface area (Å²) in [5, 5.41) is 3.17. The van der Waals surface area contributed by atoms with Crippen LogP contribution in [0.5, 0.6) is 5.75 Å². The van der Waals surface area contributed by atoms with Crippen molar-refractivity contribution in [2.75, 3.05) is 17.7 Å². The summed E-state index contributed by atoms with van der Waals surface area (Å²) in [4.78, 5) is 12.2. The van der Waals surface area contributed by atoms with Gasteiger partial charge in [-0.2, -0.15) is 0 Å². The summed E-state index contributed by atoms with van der Waals surface area (Å²) in [5.74, 6) is 0.530. The average molecular weight is 319 g/mol. The van der Waals surface area contributed by atoms with E-state index < -0.39 is 0 Å². The molecule has 0 fully saturated rings. The second-order valence-corrected chi connectivity index (χ2v) is 5.33. The molecule has 4 nitrogen and oxygen atoms in total. The molecule has 0 aliphatic carbocycles. The molecule has 22 heavy (non-hydrogen) atoms. The van der Waals surface area contributed by atoms with Crippen LogP contribution in [0.3, 0.4) is 0 Å². The number of carbonyl (C=O) groups excluding carboxylic acids is 1. The Kier molecular flexibility index (Phi) is 5.67. The molecule has 0 heterocycles. The molecule has 0 atom stereocenters. The zero-order chi connectivity index (χ0) is 15.9. The Balaban J connectivity index is 2.00. The van der Waals surface area contributed by atoms with E-state index in [1.54, 1.807) is 42.5 Å². The van der Waals surface area contributed by atoms with Crippen molar-refractivity contribution >= 4 is 28.9 Å². The number of carbonyl (C=O) groups is 1. The summed E-state index contributed by atoms with van der Waals surface area (Å²) in [6.07, 6.45) is 2.10. The van der Waals surface area contributed by atoms with Crippen molar-refractivity contribution in [2.45, 2.75) is 19.8 Å². The highest BCUT2D eigenvalue weighted by Crippen LogP contribution is 2.24. The first kappa shape index (κ1) is 16.2. The summed E-state index contributed by atoms with van der Waals surface area (Å²) < 4.78 is 5.56. The van der Waals surface area contributed by atoms with Gasteiger partial charge in [-0.05, 0) is 48.9 Å². The van der Waals surface area contributed by atoms with E-state index in [0.717, 1.165) is 18.6 Å². The Morgan fingerprint density at radius 1 is 1.23 bits per heavy atom. The number of anilines is 2. The number of rotatable bonds is 6. The lowest BCUT2D eigenvalue weighted by atomic mass is 10.2. The average Bonchev–Trinajstić information content (AvgIpc) is 2.51. The molecule has 0 saturated heterocycles. The lowest BCUT2D eigenvalue weighted by molar-refractivity contribution is 0.102. The lowest BCUT2D eigenvalue weighted by Crippen LogP contribution is -2.12. The number of nitrogens with one attached hydrogen (secondary N) is 1. The smallest absolute Gasteiger partial charge is 0.255 e. The van der Waals surface area contributed by atoms with E-state index in [2.05, 4.69) is 12.2 Å². The molecule has 0 unspecified atom stereocenters. The minimum atomic E-state index is -0.230. The van der Waals surface area contributed by atoms with Gasteiger partial charge in [-0.25, -0.2) is 0 Å². The Bertz CT molecular complexity index is 642. The standard InChI is InChI=1S/C17H19ClN2O2/c1-2-3-10-22-14-7-4-12(5-8-14)17(21)20-16-9-6-13(19)11-15(16)18/h4-9,11H,2-3,10,19H2,1H3,(H,20,21). The molecule has 0 aromatic heterocycles. The predicted molar refractivity (Wildman–Crippen MR) is 90.7 cm³/mol. The monoisotopic (exact) mass is 318 g/mol. The maximum absolute atomic E-state index is 12.2. The SMILES string of the molecule is CCCCOc1ccc(C(=O)Nc2ccc(N)cc2Cl)cc1. The number of halogens is 1. The van der Waals surface area contributed by atoms with Crippen LogP contribution >= 0.6 is 11.6 Å². The minimum absolute atomic E-state index is 0.230. The van der Waals surface area contributed by atoms with Crippen LogP contribution in [0.15, 0.2) is 42.5 Å². The summed E-state index contributed by atoms with van der Waals surface area (Å²) in [7, 11) is 0. The van der Waals surface area contributed by atoms with Gasteiger partial charge in [0.2, 0.25) is 0 Å². The fourth-order valence-corrected chi connectivity index (χ4v) is 2.10. The molecule has 0 bridgehead atoms. The molecule has 0 spiro atoms. The highest BCUT2D eigenvalue weighted by atomic mass is 35.5. The van der Waals surface area contributed by atoms with E-state index in [1.807, 2.05) is 0 Å². The molecule has 1 amide bonds. The van der Waals surface area contributed by atoms with E-state index in [1.165, 1.54) is 0 Å². The number of hydrogen-bond donors (Lipinski definition) is 2. The van der Waals surface area contributed by atoms with Gasteiger partial charge in [0.1, 0.15) is 5.75 Å². The fourth-order valence-electron chi connectivity index (χ4n) is 1.86. The first-order chi connectivity index (χ1) is 10.6. The van der Waals surface area contributed by atoms with Gasteiger partial charge in [-0.3, -0.25) is 4.79 Å². The van der Waals surface area contributed by atoms with E-state index in [9.17, 15) is 4.79 Å². The molecule has 2 rings (SSSR count). The molecule has 3 N–H and O–H groups in total. The molecule has 5 heteroatoms. The Morgan fingerprint density at radius 2 is 1.95 bits per heavy atom. The number of amides is 1. The van der Waals surface area contributed by atoms with E-state index in [-0.39, 0.29) is 5.91 Å². The molecular weight excluding hydrogens is 300 g/mol. The minimum Gasteiger partial charge on any atom is -0.494 e. The van der Waals surface area contributed by atoms with Gasteiger partial charge in [-0.15, -0.1) is 0 Å². The van der Waals surface area contributed by atoms with Gasteiger partial charge in [0.05, 0.1) is 17.3 Å². The van der Waals surface area contributed by atoms with Crippen LogP contribution < -0.4 is 15.8 Å². The first-order valence-electron chi connectivity index (χ1n) is 7.19. The molecule has 0 radical (unpaired) electrons. The van der Waals surface area contributed by atoms with Crippen LogP contribution in [0.1, 0.15) is 30.1 Å². The maximum atomic E-state index is 12.2. The largest absolute Gasteiger partial charge is 0.494 e. The third-order valence-electron chi connectivity index (χ3n) is 3.12. The Hall–Kier alpha value is -2.20. The summed E-state index contributed by atoms with van der Waals surface area (Å²) >= 11 is 6.04. The molecule has 0 saturated carbocycles. The van der Waals surface area contributed by atoms with Crippen LogP contribution in [0, 0.1) is 0 Å². The van der Waals surface area contributed by atoms with Crippen molar-refractivity contribution in [1.82, 2.24) is 0 Å². The van der Waals surface area contributed by atoms with Crippen LogP contribution in [0.25, 0.3) is 0 Å². The molecule has 0 aliphatic rings. The Labute approximate surface area is 135 Å². The zero-order valence-electron chi connectivity index (χ0n) is 12.4. The molecule has 2 aromatic carbocycles. The summed E-state index contributed by atoms with van der Waals surface area (Å²) in [6, 6.07) is 12.0. The molecule has 0 aliphatic heterocycles. The second kappa shape index (κ2) is 7.71. The van der Waals surface area contributed by atoms with E-state index >= 15 is 0 Å². The molecular formula is C17H19ClN2O2. The highest BCUT2D eigenvalue weighted by molar-refractivity contribution is 6.34. The van der Waals surface area contributed by atoms with Crippen molar-refractivity contribution in [1.29, 1.82) is 0 Å². The fraction of sp³-hybridized carbons (Fsp3) is 0.235. The van der Waals surface area contributed by atoms with Crippen LogP contribution in [0.4, 0.5) is 11.4 Å². The maximum Gasteiger partial charge on any atom is 0.255 e. The first-order valence-corrected chi connectivity index (χ1v) is 7.57. The van der Waals surface area contributed by atoms with Crippen molar-refractivity contribution < 1.29 is 9.53 Å². The summed E-state index contributed by atoms with van der Waals surface area (Å²) in [6.45, 7) is 2.79. The van der Waals surface area contributed by atoms with Crippen molar-refractivity contribution in [3.63, 3.8) is 0 Å². The third-order valence-corrected chi connectivity index (χ3v) is 3.44.